The lowest BCUT2D eigenvalue weighted by atomic mass is 10.2. The van der Waals surface area contributed by atoms with Crippen molar-refractivity contribution in [3.8, 4) is 0 Å². The smallest absolute Gasteiger partial charge is 0.306 e. The van der Waals surface area contributed by atoms with E-state index in [1.165, 1.54) is 12.0 Å². The normalized spacial score (nSPS) is 18.6. The molecule has 6 heteroatoms. The number of hydrogen-bond donors (Lipinski definition) is 0. The SMILES string of the molecule is COC(=O)CCN(Cc1cnc(C)s1)CC1CCCO1. The summed E-state index contributed by atoms with van der Waals surface area (Å²) < 4.78 is 10.4. The van der Waals surface area contributed by atoms with Gasteiger partial charge in [-0.2, -0.15) is 0 Å². The molecule has 0 bridgehead atoms. The summed E-state index contributed by atoms with van der Waals surface area (Å²) in [5.74, 6) is -0.164. The number of aryl methyl sites for hydroxylation is 1. The summed E-state index contributed by atoms with van der Waals surface area (Å²) in [4.78, 5) is 19.1. The highest BCUT2D eigenvalue weighted by Crippen LogP contribution is 2.18. The van der Waals surface area contributed by atoms with E-state index in [9.17, 15) is 4.79 Å². The van der Waals surface area contributed by atoms with E-state index in [0.29, 0.717) is 19.1 Å². The molecular weight excluding hydrogens is 276 g/mol. The second-order valence-corrected chi connectivity index (χ2v) is 6.36. The van der Waals surface area contributed by atoms with Gasteiger partial charge in [0.1, 0.15) is 0 Å². The van der Waals surface area contributed by atoms with Crippen LogP contribution in [0.25, 0.3) is 0 Å². The number of carbonyl (C=O) groups is 1. The van der Waals surface area contributed by atoms with Crippen molar-refractivity contribution < 1.29 is 14.3 Å². The molecule has 5 nitrogen and oxygen atoms in total. The standard InChI is InChI=1S/C14H22N2O3S/c1-11-15-8-13(20-11)10-16(6-5-14(17)18-2)9-12-4-3-7-19-12/h8,12H,3-7,9-10H2,1-2H3. The van der Waals surface area contributed by atoms with Crippen LogP contribution in [0.2, 0.25) is 0 Å². The third-order valence-electron chi connectivity index (χ3n) is 3.39. The molecule has 0 saturated carbocycles. The molecule has 1 fully saturated rings. The van der Waals surface area contributed by atoms with E-state index in [4.69, 9.17) is 9.47 Å². The quantitative estimate of drug-likeness (QED) is 0.721. The van der Waals surface area contributed by atoms with Crippen LogP contribution < -0.4 is 0 Å². The lowest BCUT2D eigenvalue weighted by Crippen LogP contribution is -2.33. The average molecular weight is 298 g/mol. The fourth-order valence-corrected chi connectivity index (χ4v) is 3.20. The van der Waals surface area contributed by atoms with Crippen LogP contribution in [0.3, 0.4) is 0 Å². The summed E-state index contributed by atoms with van der Waals surface area (Å²) in [6.07, 6.45) is 4.87. The van der Waals surface area contributed by atoms with Gasteiger partial charge in [0, 0.05) is 37.3 Å². The van der Waals surface area contributed by atoms with Gasteiger partial charge in [-0.1, -0.05) is 0 Å². The van der Waals surface area contributed by atoms with Crippen molar-refractivity contribution in [1.82, 2.24) is 9.88 Å². The Morgan fingerprint density at radius 3 is 3.10 bits per heavy atom. The molecule has 0 N–H and O–H groups in total. The molecule has 0 spiro atoms. The maximum atomic E-state index is 11.3. The molecule has 0 aliphatic carbocycles. The Morgan fingerprint density at radius 2 is 2.50 bits per heavy atom. The number of nitrogens with zero attached hydrogens (tertiary/aromatic N) is 2. The van der Waals surface area contributed by atoms with Gasteiger partial charge in [0.25, 0.3) is 0 Å². The molecule has 0 radical (unpaired) electrons. The first-order valence-corrected chi connectivity index (χ1v) is 7.81. The Bertz CT molecular complexity index is 430. The third-order valence-corrected chi connectivity index (χ3v) is 4.29. The van der Waals surface area contributed by atoms with Gasteiger partial charge in [0.2, 0.25) is 0 Å². The van der Waals surface area contributed by atoms with Gasteiger partial charge in [-0.25, -0.2) is 4.98 Å². The van der Waals surface area contributed by atoms with E-state index >= 15 is 0 Å². The van der Waals surface area contributed by atoms with Crippen LogP contribution in [0.1, 0.15) is 29.1 Å². The van der Waals surface area contributed by atoms with E-state index < -0.39 is 0 Å². The average Bonchev–Trinajstić information content (AvgIpc) is 3.07. The molecule has 1 aliphatic rings. The zero-order valence-corrected chi connectivity index (χ0v) is 12.9. The lowest BCUT2D eigenvalue weighted by molar-refractivity contribution is -0.141. The van der Waals surface area contributed by atoms with E-state index in [2.05, 4.69) is 9.88 Å². The number of esters is 1. The summed E-state index contributed by atoms with van der Waals surface area (Å²) in [5, 5.41) is 1.07. The van der Waals surface area contributed by atoms with Gasteiger partial charge in [-0.3, -0.25) is 9.69 Å². The molecule has 20 heavy (non-hydrogen) atoms. The fourth-order valence-electron chi connectivity index (χ4n) is 2.36. The molecule has 0 aromatic carbocycles. The highest BCUT2D eigenvalue weighted by Gasteiger charge is 2.20. The Kier molecular flexibility index (Phi) is 5.94. The zero-order chi connectivity index (χ0) is 14.4. The monoisotopic (exact) mass is 298 g/mol. The highest BCUT2D eigenvalue weighted by atomic mass is 32.1. The van der Waals surface area contributed by atoms with Gasteiger partial charge in [0.05, 0.1) is 24.6 Å². The Hall–Kier alpha value is -0.980. The second-order valence-electron chi connectivity index (χ2n) is 5.04. The molecule has 1 saturated heterocycles. The number of ether oxygens (including phenoxy) is 2. The first-order valence-electron chi connectivity index (χ1n) is 6.99. The predicted octanol–water partition coefficient (Wildman–Crippen LogP) is 2.00. The van der Waals surface area contributed by atoms with Gasteiger partial charge >= 0.3 is 5.97 Å². The van der Waals surface area contributed by atoms with Gasteiger partial charge in [-0.05, 0) is 19.8 Å². The molecular formula is C14H22N2O3S. The maximum Gasteiger partial charge on any atom is 0.306 e. The minimum Gasteiger partial charge on any atom is -0.469 e. The van der Waals surface area contributed by atoms with Crippen molar-refractivity contribution in [2.45, 2.75) is 38.8 Å². The molecule has 2 rings (SSSR count). The minimum atomic E-state index is -0.164. The Balaban J connectivity index is 1.89. The largest absolute Gasteiger partial charge is 0.469 e. The fraction of sp³-hybridized carbons (Fsp3) is 0.714. The first-order chi connectivity index (χ1) is 9.67. The number of thiazole rings is 1. The molecule has 1 aromatic rings. The molecule has 1 atom stereocenters. The van der Waals surface area contributed by atoms with Crippen molar-refractivity contribution in [1.29, 1.82) is 0 Å². The van der Waals surface area contributed by atoms with Crippen molar-refractivity contribution in [3.05, 3.63) is 16.1 Å². The zero-order valence-electron chi connectivity index (χ0n) is 12.1. The summed E-state index contributed by atoms with van der Waals surface area (Å²) in [6, 6.07) is 0. The van der Waals surface area contributed by atoms with Crippen molar-refractivity contribution in [2.24, 2.45) is 0 Å². The van der Waals surface area contributed by atoms with E-state index in [1.807, 2.05) is 13.1 Å². The molecule has 0 amide bonds. The van der Waals surface area contributed by atoms with Crippen LogP contribution in [0, 0.1) is 6.92 Å². The van der Waals surface area contributed by atoms with Crippen LogP contribution >= 0.6 is 11.3 Å². The highest BCUT2D eigenvalue weighted by molar-refractivity contribution is 7.11. The van der Waals surface area contributed by atoms with Gasteiger partial charge < -0.3 is 9.47 Å². The van der Waals surface area contributed by atoms with E-state index in [1.54, 1.807) is 11.3 Å². The first kappa shape index (κ1) is 15.4. The number of aromatic nitrogens is 1. The molecule has 1 aromatic heterocycles. The van der Waals surface area contributed by atoms with Crippen LogP contribution in [-0.2, 0) is 20.8 Å². The molecule has 2 heterocycles. The maximum absolute atomic E-state index is 11.3. The number of methoxy groups -OCH3 is 1. The third kappa shape index (κ3) is 4.85. The van der Waals surface area contributed by atoms with Gasteiger partial charge in [0.15, 0.2) is 0 Å². The van der Waals surface area contributed by atoms with Crippen molar-refractivity contribution in [3.63, 3.8) is 0 Å². The lowest BCUT2D eigenvalue weighted by Gasteiger charge is -2.24. The molecule has 1 aliphatic heterocycles. The Labute approximate surface area is 123 Å². The predicted molar refractivity (Wildman–Crippen MR) is 77.7 cm³/mol. The van der Waals surface area contributed by atoms with Crippen LogP contribution in [0.4, 0.5) is 0 Å². The van der Waals surface area contributed by atoms with Crippen LogP contribution in [0.5, 0.6) is 0 Å². The van der Waals surface area contributed by atoms with Gasteiger partial charge in [-0.15, -0.1) is 11.3 Å². The number of carbonyl (C=O) groups excluding carboxylic acids is 1. The molecule has 112 valence electrons. The van der Waals surface area contributed by atoms with E-state index in [-0.39, 0.29) is 5.97 Å². The van der Waals surface area contributed by atoms with Crippen molar-refractivity contribution in [2.75, 3.05) is 26.8 Å². The molecule has 1 unspecified atom stereocenters. The van der Waals surface area contributed by atoms with Crippen molar-refractivity contribution >= 4 is 17.3 Å². The minimum absolute atomic E-state index is 0.164. The second kappa shape index (κ2) is 7.71. The summed E-state index contributed by atoms with van der Waals surface area (Å²) in [5.41, 5.74) is 0. The summed E-state index contributed by atoms with van der Waals surface area (Å²) in [7, 11) is 1.43. The van der Waals surface area contributed by atoms with Crippen LogP contribution in [0.15, 0.2) is 6.20 Å². The van der Waals surface area contributed by atoms with E-state index in [0.717, 1.165) is 37.5 Å². The number of rotatable bonds is 7. The summed E-state index contributed by atoms with van der Waals surface area (Å²) in [6.45, 7) is 5.25. The topological polar surface area (TPSA) is 51.7 Å². The number of hydrogen-bond acceptors (Lipinski definition) is 6. The summed E-state index contributed by atoms with van der Waals surface area (Å²) >= 11 is 1.70. The Morgan fingerprint density at radius 1 is 1.65 bits per heavy atom. The van der Waals surface area contributed by atoms with Crippen LogP contribution in [-0.4, -0.2) is 48.8 Å².